The normalized spacial score (nSPS) is 12.8. The van der Waals surface area contributed by atoms with Crippen molar-refractivity contribution >= 4 is 45.2 Å². The Morgan fingerprint density at radius 1 is 0.750 bits per heavy atom. The van der Waals surface area contributed by atoms with E-state index in [2.05, 4.69) is 0 Å². The van der Waals surface area contributed by atoms with Gasteiger partial charge in [-0.2, -0.15) is 17.6 Å². The van der Waals surface area contributed by atoms with Gasteiger partial charge < -0.3 is 20.4 Å². The summed E-state index contributed by atoms with van der Waals surface area (Å²) in [5.41, 5.74) is -2.28. The van der Waals surface area contributed by atoms with Gasteiger partial charge in [-0.3, -0.25) is 0 Å². The summed E-state index contributed by atoms with van der Waals surface area (Å²) in [5.74, 6) is -10.2. The number of hydrogen-bond acceptors (Lipinski definition) is 4. The molecule has 10 heteroatoms. The van der Waals surface area contributed by atoms with Gasteiger partial charge in [-0.05, 0) is 45.2 Å². The fraction of sp³-hybridized carbons (Fsp3) is 0.400. The summed E-state index contributed by atoms with van der Waals surface area (Å²) in [6.45, 7) is -3.33. The highest BCUT2D eigenvalue weighted by Crippen LogP contribution is 2.49. The molecule has 0 saturated carbocycles. The smallest absolute Gasteiger partial charge is 0.300 e. The molecule has 0 bridgehead atoms. The molecule has 0 amide bonds. The first kappa shape index (κ1) is 18.0. The highest BCUT2D eigenvalue weighted by Gasteiger charge is 2.44. The number of hydrogen-bond donors (Lipinski definition) is 4. The Balaban J connectivity index is 3.76. The average Bonchev–Trinajstić information content (AvgIpc) is 2.36. The number of rotatable bonds is 4. The van der Waals surface area contributed by atoms with Crippen molar-refractivity contribution in [3.8, 4) is 11.5 Å². The molecule has 0 aliphatic heterocycles. The van der Waals surface area contributed by atoms with Gasteiger partial charge in [0.05, 0.1) is 18.3 Å². The Morgan fingerprint density at radius 2 is 1.00 bits per heavy atom. The molecule has 0 saturated heterocycles. The molecule has 20 heavy (non-hydrogen) atoms. The Kier molecular flexibility index (Phi) is 5.36. The van der Waals surface area contributed by atoms with E-state index in [0.29, 0.717) is 0 Å². The molecule has 0 aliphatic carbocycles. The van der Waals surface area contributed by atoms with Crippen LogP contribution < -0.4 is 0 Å². The summed E-state index contributed by atoms with van der Waals surface area (Å²) in [5, 5.41) is 36.6. The second kappa shape index (κ2) is 5.96. The number of alkyl halides is 4. The van der Waals surface area contributed by atoms with Crippen LogP contribution in [-0.4, -0.2) is 33.6 Å². The van der Waals surface area contributed by atoms with Crippen molar-refractivity contribution in [3.05, 3.63) is 18.3 Å². The zero-order valence-electron chi connectivity index (χ0n) is 9.47. The molecule has 1 rings (SSSR count). The van der Waals surface area contributed by atoms with Crippen molar-refractivity contribution in [2.75, 3.05) is 13.2 Å². The van der Waals surface area contributed by atoms with Crippen LogP contribution in [0.5, 0.6) is 11.5 Å². The summed E-state index contributed by atoms with van der Waals surface area (Å²) >= 11 is 2.32. The predicted octanol–water partition coefficient (Wildman–Crippen LogP) is 2.48. The lowest BCUT2D eigenvalue weighted by atomic mass is 10.0. The molecule has 0 aromatic heterocycles. The predicted molar refractivity (Wildman–Crippen MR) is 77.2 cm³/mol. The Labute approximate surface area is 137 Å². The summed E-state index contributed by atoms with van der Waals surface area (Å²) in [6, 6.07) is 0. The summed E-state index contributed by atoms with van der Waals surface area (Å²) in [4.78, 5) is 0. The van der Waals surface area contributed by atoms with Gasteiger partial charge in [-0.25, -0.2) is 0 Å². The van der Waals surface area contributed by atoms with Crippen molar-refractivity contribution < 1.29 is 38.0 Å². The fourth-order valence-electron chi connectivity index (χ4n) is 1.49. The minimum Gasteiger partial charge on any atom is -0.506 e. The lowest BCUT2D eigenvalue weighted by Crippen LogP contribution is -2.25. The van der Waals surface area contributed by atoms with Crippen LogP contribution in [0.15, 0.2) is 0 Å². The first-order valence-electron chi connectivity index (χ1n) is 4.92. The van der Waals surface area contributed by atoms with E-state index in [4.69, 9.17) is 10.2 Å². The zero-order chi connectivity index (χ0) is 15.9. The van der Waals surface area contributed by atoms with E-state index in [1.54, 1.807) is 0 Å². The number of phenolic OH excluding ortho intramolecular Hbond substituents is 2. The van der Waals surface area contributed by atoms with E-state index in [0.717, 1.165) is 45.2 Å². The van der Waals surface area contributed by atoms with Crippen LogP contribution in [0.25, 0.3) is 0 Å². The van der Waals surface area contributed by atoms with Crippen LogP contribution in [0.4, 0.5) is 17.6 Å². The summed E-state index contributed by atoms with van der Waals surface area (Å²) in [7, 11) is 0. The van der Waals surface area contributed by atoms with Crippen molar-refractivity contribution in [2.45, 2.75) is 11.8 Å². The molecule has 0 heterocycles. The summed E-state index contributed by atoms with van der Waals surface area (Å²) < 4.78 is 52.6. The van der Waals surface area contributed by atoms with Crippen molar-refractivity contribution in [2.24, 2.45) is 0 Å². The van der Waals surface area contributed by atoms with Gasteiger partial charge in [-0.15, -0.1) is 0 Å². The second-order valence-electron chi connectivity index (χ2n) is 3.80. The van der Waals surface area contributed by atoms with Crippen LogP contribution in [0.2, 0.25) is 0 Å². The molecule has 0 spiro atoms. The molecule has 0 fully saturated rings. The molecule has 0 aliphatic rings. The van der Waals surface area contributed by atoms with Crippen LogP contribution in [0.3, 0.4) is 0 Å². The van der Waals surface area contributed by atoms with Gasteiger partial charge in [-0.1, -0.05) is 0 Å². The van der Waals surface area contributed by atoms with Gasteiger partial charge in [0.25, 0.3) is 0 Å². The highest BCUT2D eigenvalue weighted by molar-refractivity contribution is 14.1. The minimum atomic E-state index is -3.91. The van der Waals surface area contributed by atoms with Crippen LogP contribution in [-0.2, 0) is 11.8 Å². The molecule has 1 aromatic carbocycles. The first-order valence-corrected chi connectivity index (χ1v) is 7.08. The maximum absolute atomic E-state index is 13.5. The SMILES string of the molecule is OCC(F)(F)c1c(O)c(I)c(C(F)(F)CO)c(O)c1I. The maximum atomic E-state index is 13.5. The van der Waals surface area contributed by atoms with Gasteiger partial charge in [0.15, 0.2) is 0 Å². The van der Waals surface area contributed by atoms with Gasteiger partial charge >= 0.3 is 11.8 Å². The number of aliphatic hydroxyl groups excluding tert-OH is 2. The molecular weight excluding hydrogens is 514 g/mol. The van der Waals surface area contributed by atoms with Gasteiger partial charge in [0.1, 0.15) is 24.7 Å². The molecule has 1 aromatic rings. The van der Waals surface area contributed by atoms with Crippen molar-refractivity contribution in [3.63, 3.8) is 0 Å². The Morgan fingerprint density at radius 3 is 1.20 bits per heavy atom. The van der Waals surface area contributed by atoms with E-state index >= 15 is 0 Å². The lowest BCUT2D eigenvalue weighted by molar-refractivity contribution is -0.0625. The minimum absolute atomic E-state index is 0.720. The third-order valence-corrected chi connectivity index (χ3v) is 4.56. The molecule has 0 radical (unpaired) electrons. The Hall–Kier alpha value is -0.0800. The third kappa shape index (κ3) is 2.92. The highest BCUT2D eigenvalue weighted by atomic mass is 127. The third-order valence-electron chi connectivity index (χ3n) is 2.46. The van der Waals surface area contributed by atoms with Crippen LogP contribution >= 0.6 is 45.2 Å². The topological polar surface area (TPSA) is 80.9 Å². The quantitative estimate of drug-likeness (QED) is 0.279. The van der Waals surface area contributed by atoms with Crippen molar-refractivity contribution in [1.82, 2.24) is 0 Å². The number of phenols is 2. The molecule has 0 atom stereocenters. The van der Waals surface area contributed by atoms with Crippen LogP contribution in [0.1, 0.15) is 11.1 Å². The van der Waals surface area contributed by atoms with E-state index < -0.39 is 54.8 Å². The molecule has 4 N–H and O–H groups in total. The molecule has 4 nitrogen and oxygen atoms in total. The first-order chi connectivity index (χ1) is 9.01. The van der Waals surface area contributed by atoms with E-state index in [9.17, 15) is 27.8 Å². The summed E-state index contributed by atoms with van der Waals surface area (Å²) in [6.07, 6.45) is 0. The molecular formula is C10H8F4I2O4. The van der Waals surface area contributed by atoms with Crippen molar-refractivity contribution in [1.29, 1.82) is 0 Å². The monoisotopic (exact) mass is 522 g/mol. The molecule has 0 unspecified atom stereocenters. The molecule has 114 valence electrons. The van der Waals surface area contributed by atoms with E-state index in [1.165, 1.54) is 0 Å². The average molecular weight is 522 g/mol. The standard InChI is InChI=1S/C10H8F4I2O4/c11-9(12,1-17)3-5(15)8(20)4(6(16)7(3)19)10(13,14)2-18/h17-20H,1-2H2. The Bertz CT molecular complexity index is 460. The number of halogens is 6. The number of benzene rings is 1. The number of aromatic hydroxyl groups is 2. The van der Waals surface area contributed by atoms with Gasteiger partial charge in [0, 0.05) is 0 Å². The van der Waals surface area contributed by atoms with E-state index in [-0.39, 0.29) is 0 Å². The largest absolute Gasteiger partial charge is 0.506 e. The van der Waals surface area contributed by atoms with Crippen LogP contribution in [0, 0.1) is 7.14 Å². The van der Waals surface area contributed by atoms with Gasteiger partial charge in [0.2, 0.25) is 0 Å². The second-order valence-corrected chi connectivity index (χ2v) is 5.96. The zero-order valence-corrected chi connectivity index (χ0v) is 13.8. The van der Waals surface area contributed by atoms with E-state index in [1.807, 2.05) is 0 Å². The number of aliphatic hydroxyl groups is 2. The lowest BCUT2D eigenvalue weighted by Gasteiger charge is -2.24. The maximum Gasteiger partial charge on any atom is 0.300 e. The fourth-order valence-corrected chi connectivity index (χ4v) is 3.33.